The summed E-state index contributed by atoms with van der Waals surface area (Å²) in [6.07, 6.45) is -1.01. The molecule has 1 aromatic rings. The number of morpholine rings is 1. The van der Waals surface area contributed by atoms with Crippen molar-refractivity contribution in [2.75, 3.05) is 13.2 Å². The fourth-order valence-corrected chi connectivity index (χ4v) is 2.24. The molecule has 1 aliphatic rings. The first-order chi connectivity index (χ1) is 8.65. The molecule has 0 bridgehead atoms. The Morgan fingerprint density at radius 3 is 2.67 bits per heavy atom. The van der Waals surface area contributed by atoms with Crippen molar-refractivity contribution in [3.63, 3.8) is 0 Å². The Labute approximate surface area is 105 Å². The summed E-state index contributed by atoms with van der Waals surface area (Å²) in [5.74, 6) is -1.22. The van der Waals surface area contributed by atoms with E-state index >= 15 is 0 Å². The molecular formula is C13H15NO4. The van der Waals surface area contributed by atoms with E-state index in [1.165, 1.54) is 0 Å². The second-order valence-electron chi connectivity index (χ2n) is 4.11. The maximum absolute atomic E-state index is 11.8. The fourth-order valence-electron chi connectivity index (χ4n) is 2.24. The Morgan fingerprint density at radius 2 is 2.11 bits per heavy atom. The van der Waals surface area contributed by atoms with E-state index in [1.54, 1.807) is 4.90 Å². The van der Waals surface area contributed by atoms with Crippen LogP contribution in [0.25, 0.3) is 0 Å². The maximum atomic E-state index is 11.8. The summed E-state index contributed by atoms with van der Waals surface area (Å²) in [6.45, 7) is 2.12. The second kappa shape index (κ2) is 5.18. The molecular weight excluding hydrogens is 234 g/mol. The SMILES string of the molecule is CCN1C(=O)CO[C@@H](C(=O)O)[C@H]1c1ccccc1. The number of carboxylic acid groups (broad SMARTS) is 1. The highest BCUT2D eigenvalue weighted by atomic mass is 16.5. The van der Waals surface area contributed by atoms with E-state index in [0.717, 1.165) is 5.56 Å². The average Bonchev–Trinajstić information content (AvgIpc) is 2.39. The Kier molecular flexibility index (Phi) is 3.62. The van der Waals surface area contributed by atoms with Crippen molar-refractivity contribution < 1.29 is 19.4 Å². The first-order valence-electron chi connectivity index (χ1n) is 5.84. The van der Waals surface area contributed by atoms with Crippen LogP contribution in [0.15, 0.2) is 30.3 Å². The lowest BCUT2D eigenvalue weighted by Crippen LogP contribution is -2.51. The third-order valence-corrected chi connectivity index (χ3v) is 3.05. The van der Waals surface area contributed by atoms with Gasteiger partial charge in [0.15, 0.2) is 6.10 Å². The molecule has 0 spiro atoms. The standard InChI is InChI=1S/C13H15NO4/c1-2-14-10(15)8-18-12(13(16)17)11(14)9-6-4-3-5-7-9/h3-7,11-12H,2,8H2,1H3,(H,16,17)/t11-,12-/m1/s1. The second-order valence-corrected chi connectivity index (χ2v) is 4.11. The van der Waals surface area contributed by atoms with Crippen molar-refractivity contribution in [3.8, 4) is 0 Å². The van der Waals surface area contributed by atoms with E-state index in [-0.39, 0.29) is 12.5 Å². The molecule has 1 saturated heterocycles. The summed E-state index contributed by atoms with van der Waals surface area (Å²) >= 11 is 0. The summed E-state index contributed by atoms with van der Waals surface area (Å²) in [5.41, 5.74) is 0.778. The largest absolute Gasteiger partial charge is 0.479 e. The molecule has 5 nitrogen and oxygen atoms in total. The summed E-state index contributed by atoms with van der Waals surface area (Å²) in [6, 6.07) is 8.55. The van der Waals surface area contributed by atoms with Gasteiger partial charge in [-0.3, -0.25) is 4.79 Å². The number of nitrogens with zero attached hydrogens (tertiary/aromatic N) is 1. The smallest absolute Gasteiger partial charge is 0.335 e. The van der Waals surface area contributed by atoms with Crippen LogP contribution in [-0.4, -0.2) is 41.1 Å². The van der Waals surface area contributed by atoms with Crippen LogP contribution in [0.3, 0.4) is 0 Å². The van der Waals surface area contributed by atoms with E-state index in [9.17, 15) is 14.7 Å². The number of carbonyl (C=O) groups is 2. The summed E-state index contributed by atoms with van der Waals surface area (Å²) in [4.78, 5) is 24.6. The normalized spacial score (nSPS) is 24.1. The third kappa shape index (κ3) is 2.22. The summed E-state index contributed by atoms with van der Waals surface area (Å²) < 4.78 is 5.16. The number of carbonyl (C=O) groups excluding carboxylic acids is 1. The Balaban J connectivity index is 2.40. The minimum absolute atomic E-state index is 0.172. The van der Waals surface area contributed by atoms with Crippen molar-refractivity contribution in [1.29, 1.82) is 0 Å². The number of amides is 1. The highest BCUT2D eigenvalue weighted by Crippen LogP contribution is 2.29. The average molecular weight is 249 g/mol. The highest BCUT2D eigenvalue weighted by molar-refractivity contribution is 5.82. The lowest BCUT2D eigenvalue weighted by atomic mass is 9.98. The molecule has 2 atom stereocenters. The molecule has 0 aliphatic carbocycles. The molecule has 1 aliphatic heterocycles. The highest BCUT2D eigenvalue weighted by Gasteiger charge is 2.40. The number of likely N-dealkylation sites (N-methyl/N-ethyl adjacent to an activating group) is 1. The monoisotopic (exact) mass is 249 g/mol. The summed E-state index contributed by atoms with van der Waals surface area (Å²) in [5, 5.41) is 9.21. The van der Waals surface area contributed by atoms with Gasteiger partial charge in [0.2, 0.25) is 5.91 Å². The van der Waals surface area contributed by atoms with E-state index in [4.69, 9.17) is 4.74 Å². The van der Waals surface area contributed by atoms with E-state index < -0.39 is 18.1 Å². The van der Waals surface area contributed by atoms with E-state index in [1.807, 2.05) is 37.3 Å². The van der Waals surface area contributed by atoms with Crippen molar-refractivity contribution in [1.82, 2.24) is 4.90 Å². The van der Waals surface area contributed by atoms with Gasteiger partial charge in [-0.25, -0.2) is 4.79 Å². The molecule has 0 radical (unpaired) electrons. The van der Waals surface area contributed by atoms with Gasteiger partial charge in [-0.1, -0.05) is 30.3 Å². The van der Waals surface area contributed by atoms with Gasteiger partial charge in [-0.15, -0.1) is 0 Å². The first kappa shape index (κ1) is 12.6. The number of benzene rings is 1. The van der Waals surface area contributed by atoms with E-state index in [2.05, 4.69) is 0 Å². The van der Waals surface area contributed by atoms with Crippen molar-refractivity contribution in [2.24, 2.45) is 0 Å². The van der Waals surface area contributed by atoms with Crippen LogP contribution in [-0.2, 0) is 14.3 Å². The lowest BCUT2D eigenvalue weighted by molar-refractivity contribution is -0.172. The van der Waals surface area contributed by atoms with Crippen molar-refractivity contribution in [3.05, 3.63) is 35.9 Å². The van der Waals surface area contributed by atoms with Crippen LogP contribution < -0.4 is 0 Å². The van der Waals surface area contributed by atoms with Gasteiger partial charge in [0.1, 0.15) is 6.61 Å². The van der Waals surface area contributed by atoms with Gasteiger partial charge < -0.3 is 14.7 Å². The quantitative estimate of drug-likeness (QED) is 0.869. The third-order valence-electron chi connectivity index (χ3n) is 3.05. The Hall–Kier alpha value is -1.88. The molecule has 18 heavy (non-hydrogen) atoms. The predicted molar refractivity (Wildman–Crippen MR) is 63.9 cm³/mol. The maximum Gasteiger partial charge on any atom is 0.335 e. The van der Waals surface area contributed by atoms with Gasteiger partial charge in [0.25, 0.3) is 0 Å². The Bertz CT molecular complexity index is 444. The van der Waals surface area contributed by atoms with Gasteiger partial charge in [0, 0.05) is 6.54 Å². The topological polar surface area (TPSA) is 66.8 Å². The zero-order valence-electron chi connectivity index (χ0n) is 10.1. The van der Waals surface area contributed by atoms with Crippen LogP contribution in [0.4, 0.5) is 0 Å². The number of aliphatic carboxylic acids is 1. The summed E-state index contributed by atoms with van der Waals surface area (Å²) in [7, 11) is 0. The predicted octanol–water partition coefficient (Wildman–Crippen LogP) is 1.06. The molecule has 1 N–H and O–H groups in total. The van der Waals surface area contributed by atoms with Gasteiger partial charge in [-0.2, -0.15) is 0 Å². The lowest BCUT2D eigenvalue weighted by Gasteiger charge is -2.38. The molecule has 1 heterocycles. The van der Waals surface area contributed by atoms with E-state index in [0.29, 0.717) is 6.54 Å². The van der Waals surface area contributed by atoms with Crippen molar-refractivity contribution in [2.45, 2.75) is 19.1 Å². The molecule has 0 aromatic heterocycles. The van der Waals surface area contributed by atoms with Crippen LogP contribution in [0.5, 0.6) is 0 Å². The number of rotatable bonds is 3. The molecule has 5 heteroatoms. The van der Waals surface area contributed by atoms with Gasteiger partial charge in [0.05, 0.1) is 6.04 Å². The fraction of sp³-hybridized carbons (Fsp3) is 0.385. The number of hydrogen-bond donors (Lipinski definition) is 1. The van der Waals surface area contributed by atoms with Crippen LogP contribution in [0.1, 0.15) is 18.5 Å². The van der Waals surface area contributed by atoms with Crippen LogP contribution in [0, 0.1) is 0 Å². The van der Waals surface area contributed by atoms with Gasteiger partial charge in [-0.05, 0) is 12.5 Å². The molecule has 96 valence electrons. The number of hydrogen-bond acceptors (Lipinski definition) is 3. The zero-order valence-corrected chi connectivity index (χ0v) is 10.1. The molecule has 0 unspecified atom stereocenters. The minimum atomic E-state index is -1.05. The molecule has 1 amide bonds. The molecule has 2 rings (SSSR count). The van der Waals surface area contributed by atoms with Crippen molar-refractivity contribution >= 4 is 11.9 Å². The molecule has 1 fully saturated rings. The number of ether oxygens (including phenoxy) is 1. The van der Waals surface area contributed by atoms with Crippen LogP contribution >= 0.6 is 0 Å². The number of carboxylic acids is 1. The molecule has 0 saturated carbocycles. The first-order valence-corrected chi connectivity index (χ1v) is 5.84. The van der Waals surface area contributed by atoms with Gasteiger partial charge >= 0.3 is 5.97 Å². The van der Waals surface area contributed by atoms with Crippen LogP contribution in [0.2, 0.25) is 0 Å². The Morgan fingerprint density at radius 1 is 1.44 bits per heavy atom. The minimum Gasteiger partial charge on any atom is -0.479 e. The molecule has 1 aromatic carbocycles. The zero-order chi connectivity index (χ0) is 13.1.